The Bertz CT molecular complexity index is 481. The molecule has 0 radical (unpaired) electrons. The number of nitrogens with zero attached hydrogens (tertiary/aromatic N) is 1. The average molecular weight is 273 g/mol. The normalized spacial score (nSPS) is 18.5. The van der Waals surface area contributed by atoms with Gasteiger partial charge in [0.2, 0.25) is 0 Å². The summed E-state index contributed by atoms with van der Waals surface area (Å²) >= 11 is 0. The molecule has 3 nitrogen and oxygen atoms in total. The van der Waals surface area contributed by atoms with Crippen LogP contribution in [0.5, 0.6) is 0 Å². The van der Waals surface area contributed by atoms with E-state index in [1.54, 1.807) is 0 Å². The van der Waals surface area contributed by atoms with E-state index in [0.717, 1.165) is 25.2 Å². The highest BCUT2D eigenvalue weighted by Crippen LogP contribution is 2.35. The minimum atomic E-state index is -0.706. The molecule has 0 unspecified atom stereocenters. The van der Waals surface area contributed by atoms with Crippen molar-refractivity contribution in [2.75, 3.05) is 19.6 Å². The number of benzene rings is 1. The summed E-state index contributed by atoms with van der Waals surface area (Å²) in [7, 11) is 0. The van der Waals surface area contributed by atoms with Gasteiger partial charge >= 0.3 is 5.97 Å². The molecule has 0 amide bonds. The van der Waals surface area contributed by atoms with Crippen molar-refractivity contribution in [1.29, 1.82) is 0 Å². The van der Waals surface area contributed by atoms with Crippen LogP contribution in [0.2, 0.25) is 0 Å². The molecule has 0 atom stereocenters. The van der Waals surface area contributed by atoms with Crippen LogP contribution in [0.25, 0.3) is 0 Å². The third kappa shape index (κ3) is 3.10. The molecule has 20 heavy (non-hydrogen) atoms. The fourth-order valence-corrected chi connectivity index (χ4v) is 2.81. The first-order chi connectivity index (χ1) is 9.54. The summed E-state index contributed by atoms with van der Waals surface area (Å²) in [4.78, 5) is 14.1. The summed E-state index contributed by atoms with van der Waals surface area (Å²) < 4.78 is 0. The third-order valence-electron chi connectivity index (χ3n) is 4.20. The van der Waals surface area contributed by atoms with Gasteiger partial charge in [-0.2, -0.15) is 0 Å². The smallest absolute Gasteiger partial charge is 0.314 e. The van der Waals surface area contributed by atoms with Gasteiger partial charge in [0.05, 0.1) is 5.41 Å². The number of carboxylic acids is 1. The van der Waals surface area contributed by atoms with Crippen LogP contribution >= 0.6 is 0 Å². The van der Waals surface area contributed by atoms with E-state index in [1.807, 2.05) is 30.3 Å². The first kappa shape index (κ1) is 14.8. The molecule has 2 rings (SSSR count). The van der Waals surface area contributed by atoms with Crippen molar-refractivity contribution in [1.82, 2.24) is 4.90 Å². The van der Waals surface area contributed by atoms with Gasteiger partial charge in [-0.25, -0.2) is 0 Å². The molecule has 1 N–H and O–H groups in total. The van der Waals surface area contributed by atoms with Crippen molar-refractivity contribution >= 4 is 5.97 Å². The zero-order chi connectivity index (χ0) is 14.6. The molecule has 1 aliphatic rings. The second-order valence-electron chi connectivity index (χ2n) is 5.84. The van der Waals surface area contributed by atoms with Crippen LogP contribution in [0.15, 0.2) is 42.0 Å². The van der Waals surface area contributed by atoms with Crippen LogP contribution < -0.4 is 0 Å². The zero-order valence-electron chi connectivity index (χ0n) is 12.3. The summed E-state index contributed by atoms with van der Waals surface area (Å²) in [5.41, 5.74) is 1.54. The van der Waals surface area contributed by atoms with E-state index in [9.17, 15) is 9.90 Å². The van der Waals surface area contributed by atoms with Gasteiger partial charge in [-0.05, 0) is 45.3 Å². The lowest BCUT2D eigenvalue weighted by Gasteiger charge is -2.39. The maximum absolute atomic E-state index is 11.8. The number of rotatable bonds is 4. The molecule has 0 aliphatic carbocycles. The van der Waals surface area contributed by atoms with Gasteiger partial charge in [0.15, 0.2) is 0 Å². The van der Waals surface area contributed by atoms with Gasteiger partial charge in [0.1, 0.15) is 0 Å². The molecule has 1 aromatic rings. The predicted octanol–water partition coefficient (Wildman–Crippen LogP) is 3.07. The number of aliphatic carboxylic acids is 1. The van der Waals surface area contributed by atoms with Crippen LogP contribution in [-0.4, -0.2) is 35.6 Å². The fraction of sp³-hybridized carbons (Fsp3) is 0.471. The van der Waals surface area contributed by atoms with E-state index in [-0.39, 0.29) is 0 Å². The van der Waals surface area contributed by atoms with E-state index in [1.165, 1.54) is 5.57 Å². The minimum Gasteiger partial charge on any atom is -0.481 e. The predicted molar refractivity (Wildman–Crippen MR) is 80.9 cm³/mol. The minimum absolute atomic E-state index is 0.683. The van der Waals surface area contributed by atoms with Crippen LogP contribution in [0.1, 0.15) is 32.3 Å². The molecular formula is C17H23NO2. The van der Waals surface area contributed by atoms with Crippen molar-refractivity contribution in [2.45, 2.75) is 32.1 Å². The highest BCUT2D eigenvalue weighted by Gasteiger charge is 2.42. The maximum Gasteiger partial charge on any atom is 0.314 e. The second kappa shape index (κ2) is 6.23. The number of hydrogen-bond donors (Lipinski definition) is 1. The average Bonchev–Trinajstić information content (AvgIpc) is 2.46. The fourth-order valence-electron chi connectivity index (χ4n) is 2.81. The van der Waals surface area contributed by atoms with E-state index in [0.29, 0.717) is 12.8 Å². The Labute approximate surface area is 120 Å². The number of carboxylic acid groups (broad SMARTS) is 1. The van der Waals surface area contributed by atoms with Crippen LogP contribution in [-0.2, 0) is 10.2 Å². The molecule has 1 saturated heterocycles. The molecule has 0 bridgehead atoms. The molecule has 0 saturated carbocycles. The van der Waals surface area contributed by atoms with Gasteiger partial charge in [-0.15, -0.1) is 0 Å². The van der Waals surface area contributed by atoms with E-state index >= 15 is 0 Å². The van der Waals surface area contributed by atoms with Gasteiger partial charge in [0.25, 0.3) is 0 Å². The zero-order valence-corrected chi connectivity index (χ0v) is 12.3. The summed E-state index contributed by atoms with van der Waals surface area (Å²) in [5.74, 6) is -0.689. The molecule has 108 valence electrons. The Hall–Kier alpha value is -1.61. The van der Waals surface area contributed by atoms with Crippen LogP contribution in [0.3, 0.4) is 0 Å². The molecule has 3 heteroatoms. The van der Waals surface area contributed by atoms with Crippen molar-refractivity contribution in [3.05, 3.63) is 47.5 Å². The Morgan fingerprint density at radius 1 is 1.25 bits per heavy atom. The quantitative estimate of drug-likeness (QED) is 0.857. The number of carbonyl (C=O) groups is 1. The van der Waals surface area contributed by atoms with E-state index in [2.05, 4.69) is 24.8 Å². The Balaban J connectivity index is 2.11. The molecular weight excluding hydrogens is 250 g/mol. The van der Waals surface area contributed by atoms with E-state index < -0.39 is 11.4 Å². The maximum atomic E-state index is 11.8. The SMILES string of the molecule is CC(C)=CCN1CCC(C(=O)O)(c2ccccc2)CC1. The Morgan fingerprint density at radius 2 is 1.85 bits per heavy atom. The number of allylic oxidation sites excluding steroid dienone is 1. The van der Waals surface area contributed by atoms with Gasteiger partial charge in [-0.1, -0.05) is 42.0 Å². The molecule has 1 fully saturated rings. The monoisotopic (exact) mass is 273 g/mol. The second-order valence-corrected chi connectivity index (χ2v) is 5.84. The highest BCUT2D eigenvalue weighted by molar-refractivity contribution is 5.81. The van der Waals surface area contributed by atoms with Crippen molar-refractivity contribution in [3.8, 4) is 0 Å². The number of piperidine rings is 1. The van der Waals surface area contributed by atoms with Gasteiger partial charge in [-0.3, -0.25) is 9.69 Å². The van der Waals surface area contributed by atoms with Crippen LogP contribution in [0, 0.1) is 0 Å². The van der Waals surface area contributed by atoms with Gasteiger partial charge < -0.3 is 5.11 Å². The molecule has 1 heterocycles. The highest BCUT2D eigenvalue weighted by atomic mass is 16.4. The summed E-state index contributed by atoms with van der Waals surface area (Å²) in [6.07, 6.45) is 3.57. The van der Waals surface area contributed by atoms with Gasteiger partial charge in [0, 0.05) is 6.54 Å². The van der Waals surface area contributed by atoms with Crippen molar-refractivity contribution in [3.63, 3.8) is 0 Å². The summed E-state index contributed by atoms with van der Waals surface area (Å²) in [6, 6.07) is 9.67. The largest absolute Gasteiger partial charge is 0.481 e. The van der Waals surface area contributed by atoms with E-state index in [4.69, 9.17) is 0 Å². The van der Waals surface area contributed by atoms with Crippen LogP contribution in [0.4, 0.5) is 0 Å². The number of hydrogen-bond acceptors (Lipinski definition) is 2. The lowest BCUT2D eigenvalue weighted by molar-refractivity contribution is -0.145. The standard InChI is InChI=1S/C17H23NO2/c1-14(2)8-11-18-12-9-17(10-13-18,16(19)20)15-6-4-3-5-7-15/h3-8H,9-13H2,1-2H3,(H,19,20). The summed E-state index contributed by atoms with van der Waals surface area (Å²) in [6.45, 7) is 6.79. The lowest BCUT2D eigenvalue weighted by atomic mass is 9.73. The first-order valence-corrected chi connectivity index (χ1v) is 7.19. The first-order valence-electron chi connectivity index (χ1n) is 7.19. The molecule has 1 aliphatic heterocycles. The topological polar surface area (TPSA) is 40.5 Å². The lowest BCUT2D eigenvalue weighted by Crippen LogP contribution is -2.47. The third-order valence-corrected chi connectivity index (χ3v) is 4.20. The Morgan fingerprint density at radius 3 is 2.35 bits per heavy atom. The van der Waals surface area contributed by atoms with Crippen molar-refractivity contribution in [2.24, 2.45) is 0 Å². The molecule has 1 aromatic carbocycles. The van der Waals surface area contributed by atoms with Crippen molar-refractivity contribution < 1.29 is 9.90 Å². The number of likely N-dealkylation sites (tertiary alicyclic amines) is 1. The molecule has 0 aromatic heterocycles. The molecule has 0 spiro atoms. The Kier molecular flexibility index (Phi) is 4.61. The summed E-state index contributed by atoms with van der Waals surface area (Å²) in [5, 5.41) is 9.72.